The van der Waals surface area contributed by atoms with E-state index in [2.05, 4.69) is 20.6 Å². The first-order valence-corrected chi connectivity index (χ1v) is 10.1. The van der Waals surface area contributed by atoms with Crippen LogP contribution >= 0.6 is 11.6 Å². The molecule has 0 aliphatic carbocycles. The predicted molar refractivity (Wildman–Crippen MR) is 121 cm³/mol. The Morgan fingerprint density at radius 3 is 2.39 bits per heavy atom. The molecule has 0 saturated heterocycles. The van der Waals surface area contributed by atoms with Crippen molar-refractivity contribution >= 4 is 40.6 Å². The summed E-state index contributed by atoms with van der Waals surface area (Å²) in [5, 5.41) is 6.38. The van der Waals surface area contributed by atoms with Crippen LogP contribution in [0.3, 0.4) is 0 Å². The second-order valence-corrected chi connectivity index (χ2v) is 7.43. The van der Waals surface area contributed by atoms with E-state index in [9.17, 15) is 9.59 Å². The van der Waals surface area contributed by atoms with E-state index in [4.69, 9.17) is 16.3 Å². The number of amides is 1. The predicted octanol–water partition coefficient (Wildman–Crippen LogP) is 5.10. The van der Waals surface area contributed by atoms with Gasteiger partial charge in [-0.15, -0.1) is 0 Å². The van der Waals surface area contributed by atoms with Crippen molar-refractivity contribution in [1.29, 1.82) is 0 Å². The molecule has 3 rings (SSSR count). The number of nitrogens with one attached hydrogen (secondary N) is 2. The van der Waals surface area contributed by atoms with Gasteiger partial charge < -0.3 is 15.4 Å². The van der Waals surface area contributed by atoms with Gasteiger partial charge in [-0.25, -0.2) is 9.97 Å². The van der Waals surface area contributed by atoms with Crippen LogP contribution in [0.5, 0.6) is 5.75 Å². The molecular weight excluding hydrogens is 416 g/mol. The number of aromatic nitrogens is 2. The zero-order valence-corrected chi connectivity index (χ0v) is 18.3. The number of halogens is 1. The highest BCUT2D eigenvalue weighted by atomic mass is 35.5. The van der Waals surface area contributed by atoms with E-state index in [0.717, 1.165) is 17.1 Å². The zero-order valence-electron chi connectivity index (χ0n) is 17.5. The lowest BCUT2D eigenvalue weighted by Gasteiger charge is -2.10. The molecule has 0 bridgehead atoms. The summed E-state index contributed by atoms with van der Waals surface area (Å²) < 4.78 is 5.20. The molecule has 0 saturated carbocycles. The van der Waals surface area contributed by atoms with Gasteiger partial charge in [0.2, 0.25) is 11.9 Å². The van der Waals surface area contributed by atoms with Crippen molar-refractivity contribution in [2.45, 2.75) is 26.7 Å². The molecule has 2 N–H and O–H groups in total. The van der Waals surface area contributed by atoms with Crippen LogP contribution in [-0.4, -0.2) is 28.8 Å². The first kappa shape index (κ1) is 22.2. The van der Waals surface area contributed by atoms with Gasteiger partial charge in [0, 0.05) is 40.6 Å². The largest absolute Gasteiger partial charge is 0.496 e. The van der Waals surface area contributed by atoms with Crippen molar-refractivity contribution in [3.05, 3.63) is 70.5 Å². The molecule has 0 fully saturated rings. The standard InChI is InChI=1S/C23H23ClN4O3/c1-14-11-15(2)26-23(25-14)28-18-6-4-5-17(13-18)27-22(30)10-8-20(29)19-12-16(24)7-9-21(19)31-3/h4-7,9,11-13H,8,10H2,1-3H3,(H,27,30)(H,25,26,28). The highest BCUT2D eigenvalue weighted by molar-refractivity contribution is 6.31. The van der Waals surface area contributed by atoms with Gasteiger partial charge in [-0.1, -0.05) is 17.7 Å². The number of aryl methyl sites for hydroxylation is 2. The van der Waals surface area contributed by atoms with E-state index < -0.39 is 0 Å². The van der Waals surface area contributed by atoms with Crippen LogP contribution in [0, 0.1) is 13.8 Å². The van der Waals surface area contributed by atoms with E-state index in [-0.39, 0.29) is 24.5 Å². The molecule has 1 amide bonds. The molecule has 160 valence electrons. The fourth-order valence-corrected chi connectivity index (χ4v) is 3.24. The zero-order chi connectivity index (χ0) is 22.4. The number of anilines is 3. The number of benzene rings is 2. The second kappa shape index (κ2) is 10.0. The summed E-state index contributed by atoms with van der Waals surface area (Å²) >= 11 is 5.98. The third kappa shape index (κ3) is 6.26. The van der Waals surface area contributed by atoms with Crippen LogP contribution < -0.4 is 15.4 Å². The average molecular weight is 439 g/mol. The quantitative estimate of drug-likeness (QED) is 0.475. The smallest absolute Gasteiger partial charge is 0.227 e. The lowest BCUT2D eigenvalue weighted by molar-refractivity contribution is -0.116. The van der Waals surface area contributed by atoms with Gasteiger partial charge in [-0.2, -0.15) is 0 Å². The SMILES string of the molecule is COc1ccc(Cl)cc1C(=O)CCC(=O)Nc1cccc(Nc2nc(C)cc(C)n2)c1. The average Bonchev–Trinajstić information content (AvgIpc) is 2.71. The summed E-state index contributed by atoms with van der Waals surface area (Å²) in [6.45, 7) is 3.80. The Kier molecular flexibility index (Phi) is 7.20. The lowest BCUT2D eigenvalue weighted by atomic mass is 10.1. The molecule has 8 heteroatoms. The van der Waals surface area contributed by atoms with E-state index >= 15 is 0 Å². The van der Waals surface area contributed by atoms with Crippen LogP contribution in [0.15, 0.2) is 48.5 Å². The molecule has 31 heavy (non-hydrogen) atoms. The minimum atomic E-state index is -0.269. The van der Waals surface area contributed by atoms with Crippen LogP contribution in [0.4, 0.5) is 17.3 Å². The molecule has 1 heterocycles. The van der Waals surface area contributed by atoms with Crippen LogP contribution in [0.1, 0.15) is 34.6 Å². The third-order valence-electron chi connectivity index (χ3n) is 4.43. The molecular formula is C23H23ClN4O3. The lowest BCUT2D eigenvalue weighted by Crippen LogP contribution is -2.14. The number of ether oxygens (including phenoxy) is 1. The highest BCUT2D eigenvalue weighted by Crippen LogP contribution is 2.24. The van der Waals surface area contributed by atoms with Crippen molar-refractivity contribution < 1.29 is 14.3 Å². The highest BCUT2D eigenvalue weighted by Gasteiger charge is 2.15. The number of hydrogen-bond donors (Lipinski definition) is 2. The second-order valence-electron chi connectivity index (χ2n) is 7.00. The fraction of sp³-hybridized carbons (Fsp3) is 0.217. The number of rotatable bonds is 8. The number of ketones is 1. The Balaban J connectivity index is 1.60. The minimum Gasteiger partial charge on any atom is -0.496 e. The maximum absolute atomic E-state index is 12.5. The molecule has 0 spiro atoms. The van der Waals surface area contributed by atoms with Crippen LogP contribution in [0.25, 0.3) is 0 Å². The summed E-state index contributed by atoms with van der Waals surface area (Å²) in [6.07, 6.45) is 0.0726. The summed E-state index contributed by atoms with van der Waals surface area (Å²) in [5.74, 6) is 0.440. The van der Waals surface area contributed by atoms with Gasteiger partial charge in [0.25, 0.3) is 0 Å². The van der Waals surface area contributed by atoms with Crippen molar-refractivity contribution in [2.75, 3.05) is 17.7 Å². The van der Waals surface area contributed by atoms with Crippen LogP contribution in [0.2, 0.25) is 5.02 Å². The van der Waals surface area contributed by atoms with Gasteiger partial charge in [-0.05, 0) is 56.3 Å². The van der Waals surface area contributed by atoms with Gasteiger partial charge in [-0.3, -0.25) is 9.59 Å². The summed E-state index contributed by atoms with van der Waals surface area (Å²) in [4.78, 5) is 33.6. The van der Waals surface area contributed by atoms with Crippen molar-refractivity contribution in [3.8, 4) is 5.75 Å². The maximum Gasteiger partial charge on any atom is 0.227 e. The molecule has 0 atom stereocenters. The summed E-state index contributed by atoms with van der Waals surface area (Å²) in [5.41, 5.74) is 3.43. The van der Waals surface area contributed by atoms with Gasteiger partial charge in [0.1, 0.15) is 5.75 Å². The van der Waals surface area contributed by atoms with Crippen molar-refractivity contribution in [3.63, 3.8) is 0 Å². The number of carbonyl (C=O) groups is 2. The number of methoxy groups -OCH3 is 1. The number of nitrogens with zero attached hydrogens (tertiary/aromatic N) is 2. The van der Waals surface area contributed by atoms with Gasteiger partial charge in [0.05, 0.1) is 12.7 Å². The van der Waals surface area contributed by atoms with Gasteiger partial charge in [0.15, 0.2) is 5.78 Å². The Morgan fingerprint density at radius 2 is 1.68 bits per heavy atom. The van der Waals surface area contributed by atoms with Crippen molar-refractivity contribution in [2.24, 2.45) is 0 Å². The van der Waals surface area contributed by atoms with E-state index in [1.807, 2.05) is 32.0 Å². The number of hydrogen-bond acceptors (Lipinski definition) is 6. The maximum atomic E-state index is 12.5. The third-order valence-corrected chi connectivity index (χ3v) is 4.66. The Bertz CT molecular complexity index is 1100. The molecule has 3 aromatic rings. The molecule has 0 unspecified atom stereocenters. The molecule has 0 aliphatic rings. The van der Waals surface area contributed by atoms with E-state index in [1.54, 1.807) is 30.3 Å². The van der Waals surface area contributed by atoms with E-state index in [1.165, 1.54) is 7.11 Å². The molecule has 2 aromatic carbocycles. The summed E-state index contributed by atoms with van der Waals surface area (Å²) in [6, 6.07) is 13.9. The first-order valence-electron chi connectivity index (χ1n) is 9.70. The molecule has 0 aliphatic heterocycles. The van der Waals surface area contributed by atoms with E-state index in [0.29, 0.717) is 28.0 Å². The van der Waals surface area contributed by atoms with Crippen LogP contribution in [-0.2, 0) is 4.79 Å². The molecule has 7 nitrogen and oxygen atoms in total. The normalized spacial score (nSPS) is 10.5. The van der Waals surface area contributed by atoms with Crippen molar-refractivity contribution in [1.82, 2.24) is 9.97 Å². The molecule has 1 aromatic heterocycles. The Morgan fingerprint density at radius 1 is 0.968 bits per heavy atom. The Labute approximate surface area is 185 Å². The first-order chi connectivity index (χ1) is 14.8. The molecule has 0 radical (unpaired) electrons. The van der Waals surface area contributed by atoms with Gasteiger partial charge >= 0.3 is 0 Å². The fourth-order valence-electron chi connectivity index (χ4n) is 3.07. The summed E-state index contributed by atoms with van der Waals surface area (Å²) in [7, 11) is 1.48. The number of Topliss-reactive ketones (excluding diaryl/α,β-unsaturated/α-hetero) is 1. The number of carbonyl (C=O) groups excluding carboxylic acids is 2. The monoisotopic (exact) mass is 438 g/mol. The Hall–Kier alpha value is -3.45. The topological polar surface area (TPSA) is 93.2 Å². The minimum absolute atomic E-state index is 0.0341.